The molecule has 1 atom stereocenters. The molecular weight excluding hydrogens is 314 g/mol. The van der Waals surface area contributed by atoms with Crippen LogP contribution in [0.3, 0.4) is 0 Å². The fraction of sp³-hybridized carbons (Fsp3) is 0.429. The lowest BCUT2D eigenvalue weighted by molar-refractivity contribution is 0.295. The van der Waals surface area contributed by atoms with Crippen LogP contribution >= 0.6 is 11.8 Å². The second-order valence-electron chi connectivity index (χ2n) is 6.82. The van der Waals surface area contributed by atoms with E-state index >= 15 is 0 Å². The highest BCUT2D eigenvalue weighted by Crippen LogP contribution is 2.47. The number of unbranched alkanes of at least 4 members (excludes halogenated alkanes) is 1. The topological polar surface area (TPSA) is 23.5 Å². The third-order valence-electron chi connectivity index (χ3n) is 5.14. The molecule has 0 spiro atoms. The summed E-state index contributed by atoms with van der Waals surface area (Å²) in [6, 6.07) is 16.4. The van der Waals surface area contributed by atoms with Gasteiger partial charge in [-0.05, 0) is 42.5 Å². The molecule has 3 rings (SSSR count). The molecule has 1 heterocycles. The van der Waals surface area contributed by atoms with Crippen LogP contribution in [0.1, 0.15) is 39.5 Å². The minimum atomic E-state index is 0.311. The number of fused-ring (bicyclic) bond motifs is 1. The number of thioether (sulfide) groups is 1. The number of phenols is 1. The number of para-hydroxylation sites is 1. The quantitative estimate of drug-likeness (QED) is 0.698. The summed E-state index contributed by atoms with van der Waals surface area (Å²) in [6.45, 7) is 5.61. The van der Waals surface area contributed by atoms with E-state index in [1.54, 1.807) is 6.07 Å². The monoisotopic (exact) mass is 341 g/mol. The predicted octanol–water partition coefficient (Wildman–Crippen LogP) is 6.22. The van der Waals surface area contributed by atoms with Gasteiger partial charge in [-0.25, -0.2) is 0 Å². The Morgan fingerprint density at radius 2 is 1.92 bits per heavy atom. The molecule has 0 saturated carbocycles. The molecule has 2 aromatic carbocycles. The summed E-state index contributed by atoms with van der Waals surface area (Å²) in [4.78, 5) is 3.68. The Kier molecular flexibility index (Phi) is 5.40. The molecule has 0 bridgehead atoms. The van der Waals surface area contributed by atoms with Gasteiger partial charge in [0.1, 0.15) is 5.75 Å². The van der Waals surface area contributed by atoms with Crippen LogP contribution in [0.25, 0.3) is 0 Å². The molecule has 0 amide bonds. The lowest BCUT2D eigenvalue weighted by atomic mass is 9.81. The predicted molar refractivity (Wildman–Crippen MR) is 105 cm³/mol. The lowest BCUT2D eigenvalue weighted by Gasteiger charge is -2.36. The molecule has 1 aliphatic heterocycles. The van der Waals surface area contributed by atoms with Gasteiger partial charge in [0.05, 0.1) is 5.69 Å². The lowest BCUT2D eigenvalue weighted by Crippen LogP contribution is -2.35. The van der Waals surface area contributed by atoms with Crippen molar-refractivity contribution in [1.82, 2.24) is 0 Å². The van der Waals surface area contributed by atoms with E-state index in [4.69, 9.17) is 0 Å². The molecule has 1 N–H and O–H groups in total. The van der Waals surface area contributed by atoms with Crippen LogP contribution in [-0.4, -0.2) is 17.4 Å². The molecule has 128 valence electrons. The van der Waals surface area contributed by atoms with Gasteiger partial charge in [-0.15, -0.1) is 11.8 Å². The Morgan fingerprint density at radius 3 is 2.62 bits per heavy atom. The van der Waals surface area contributed by atoms with Crippen molar-refractivity contribution in [2.75, 3.05) is 17.2 Å². The highest BCUT2D eigenvalue weighted by molar-refractivity contribution is 7.99. The number of aromatic hydroxyl groups is 1. The van der Waals surface area contributed by atoms with Crippen LogP contribution in [0.2, 0.25) is 0 Å². The zero-order valence-corrected chi connectivity index (χ0v) is 15.5. The summed E-state index contributed by atoms with van der Waals surface area (Å²) in [7, 11) is 0. The molecule has 0 fully saturated rings. The van der Waals surface area contributed by atoms with Crippen molar-refractivity contribution in [2.24, 2.45) is 5.41 Å². The molecule has 0 saturated heterocycles. The summed E-state index contributed by atoms with van der Waals surface area (Å²) >= 11 is 1.95. The van der Waals surface area contributed by atoms with Gasteiger partial charge in [0.25, 0.3) is 0 Å². The maximum Gasteiger partial charge on any atom is 0.117 e. The van der Waals surface area contributed by atoms with E-state index in [2.05, 4.69) is 55.1 Å². The van der Waals surface area contributed by atoms with Gasteiger partial charge < -0.3 is 10.0 Å². The maximum absolute atomic E-state index is 10.0. The Bertz CT molecular complexity index is 673. The molecule has 3 heteroatoms. The van der Waals surface area contributed by atoms with Gasteiger partial charge in [0.2, 0.25) is 0 Å². The number of nitrogens with zero attached hydrogens (tertiary/aromatic N) is 1. The zero-order valence-electron chi connectivity index (χ0n) is 14.7. The standard InChI is InChI=1S/C21H27NOS/c1-3-5-13-21(4-2)15-22(17-9-7-6-8-10-17)19-14-18(23)11-12-20(19)24-16-21/h6-12,14,23H,3-5,13,15-16H2,1-2H3. The van der Waals surface area contributed by atoms with Gasteiger partial charge >= 0.3 is 0 Å². The average Bonchev–Trinajstić information content (AvgIpc) is 2.78. The van der Waals surface area contributed by atoms with Gasteiger partial charge in [-0.1, -0.05) is 44.9 Å². The van der Waals surface area contributed by atoms with Crippen molar-refractivity contribution in [3.63, 3.8) is 0 Å². The van der Waals surface area contributed by atoms with Crippen LogP contribution in [0.15, 0.2) is 53.4 Å². The molecule has 24 heavy (non-hydrogen) atoms. The number of hydrogen-bond acceptors (Lipinski definition) is 3. The third kappa shape index (κ3) is 3.56. The van der Waals surface area contributed by atoms with E-state index < -0.39 is 0 Å². The maximum atomic E-state index is 10.0. The molecule has 0 aromatic heterocycles. The summed E-state index contributed by atoms with van der Waals surface area (Å²) < 4.78 is 0. The zero-order chi connectivity index (χ0) is 17.0. The van der Waals surface area contributed by atoms with Gasteiger partial charge in [-0.3, -0.25) is 0 Å². The summed E-state index contributed by atoms with van der Waals surface area (Å²) in [6.07, 6.45) is 4.96. The second-order valence-corrected chi connectivity index (χ2v) is 7.84. The number of benzene rings is 2. The molecule has 0 radical (unpaired) electrons. The highest BCUT2D eigenvalue weighted by atomic mass is 32.2. The number of phenolic OH excluding ortho intramolecular Hbond substituents is 1. The fourth-order valence-corrected chi connectivity index (χ4v) is 4.85. The van der Waals surface area contributed by atoms with Crippen molar-refractivity contribution in [3.8, 4) is 5.75 Å². The van der Waals surface area contributed by atoms with Crippen LogP contribution in [0.5, 0.6) is 5.75 Å². The average molecular weight is 342 g/mol. The van der Waals surface area contributed by atoms with Gasteiger partial charge in [-0.2, -0.15) is 0 Å². The van der Waals surface area contributed by atoms with E-state index in [-0.39, 0.29) is 0 Å². The number of anilines is 2. The van der Waals surface area contributed by atoms with Crippen molar-refractivity contribution < 1.29 is 5.11 Å². The first kappa shape index (κ1) is 17.2. The van der Waals surface area contributed by atoms with E-state index in [1.807, 2.05) is 17.8 Å². The molecule has 1 unspecified atom stereocenters. The van der Waals surface area contributed by atoms with Gasteiger partial charge in [0, 0.05) is 28.9 Å². The molecule has 1 aliphatic rings. The third-order valence-corrected chi connectivity index (χ3v) is 6.55. The summed E-state index contributed by atoms with van der Waals surface area (Å²) in [5.74, 6) is 1.48. The smallest absolute Gasteiger partial charge is 0.117 e. The number of rotatable bonds is 5. The summed E-state index contributed by atoms with van der Waals surface area (Å²) in [5.41, 5.74) is 2.66. The van der Waals surface area contributed by atoms with Gasteiger partial charge in [0.15, 0.2) is 0 Å². The fourth-order valence-electron chi connectivity index (χ4n) is 3.47. The minimum absolute atomic E-state index is 0.311. The molecular formula is C21H27NOS. The van der Waals surface area contributed by atoms with Crippen LogP contribution < -0.4 is 4.90 Å². The first-order valence-corrected chi connectivity index (χ1v) is 9.94. The first-order chi connectivity index (χ1) is 11.7. The second kappa shape index (κ2) is 7.52. The van der Waals surface area contributed by atoms with Crippen LogP contribution in [0.4, 0.5) is 11.4 Å². The van der Waals surface area contributed by atoms with E-state index in [0.29, 0.717) is 11.2 Å². The van der Waals surface area contributed by atoms with E-state index in [9.17, 15) is 5.11 Å². The van der Waals surface area contributed by atoms with Crippen molar-refractivity contribution >= 4 is 23.1 Å². The Balaban J connectivity index is 2.04. The van der Waals surface area contributed by atoms with Crippen LogP contribution in [-0.2, 0) is 0 Å². The first-order valence-electron chi connectivity index (χ1n) is 8.96. The Labute approximate surface area is 149 Å². The Morgan fingerprint density at radius 1 is 1.12 bits per heavy atom. The highest BCUT2D eigenvalue weighted by Gasteiger charge is 2.34. The van der Waals surface area contributed by atoms with E-state index in [1.165, 1.54) is 36.3 Å². The van der Waals surface area contributed by atoms with E-state index in [0.717, 1.165) is 18.0 Å². The summed E-state index contributed by atoms with van der Waals surface area (Å²) in [5, 5.41) is 10.0. The normalized spacial score (nSPS) is 20.5. The molecule has 2 nitrogen and oxygen atoms in total. The minimum Gasteiger partial charge on any atom is -0.508 e. The van der Waals surface area contributed by atoms with Crippen molar-refractivity contribution in [1.29, 1.82) is 0 Å². The molecule has 2 aromatic rings. The SMILES string of the molecule is CCCCC1(CC)CSc2ccc(O)cc2N(c2ccccc2)C1. The molecule has 0 aliphatic carbocycles. The number of hydrogen-bond donors (Lipinski definition) is 1. The Hall–Kier alpha value is -1.61. The van der Waals surface area contributed by atoms with Crippen molar-refractivity contribution in [2.45, 2.75) is 44.4 Å². The van der Waals surface area contributed by atoms with Crippen LogP contribution in [0, 0.1) is 5.41 Å². The largest absolute Gasteiger partial charge is 0.508 e. The van der Waals surface area contributed by atoms with Crippen molar-refractivity contribution in [3.05, 3.63) is 48.5 Å².